The van der Waals surface area contributed by atoms with Crippen molar-refractivity contribution in [2.24, 2.45) is 0 Å². The zero-order chi connectivity index (χ0) is 21.3. The molecule has 7 nitrogen and oxygen atoms in total. The first-order valence-electron chi connectivity index (χ1n) is 10.2. The van der Waals surface area contributed by atoms with E-state index in [-0.39, 0.29) is 36.7 Å². The van der Waals surface area contributed by atoms with Crippen molar-refractivity contribution < 1.29 is 19.2 Å². The van der Waals surface area contributed by atoms with Crippen molar-refractivity contribution in [2.45, 2.75) is 13.3 Å². The quantitative estimate of drug-likeness (QED) is 0.630. The van der Waals surface area contributed by atoms with Crippen LogP contribution >= 0.6 is 0 Å². The van der Waals surface area contributed by atoms with E-state index in [2.05, 4.69) is 4.90 Å². The first-order valence-corrected chi connectivity index (χ1v) is 10.2. The zero-order valence-electron chi connectivity index (χ0n) is 16.8. The van der Waals surface area contributed by atoms with Crippen LogP contribution in [0.4, 0.5) is 0 Å². The summed E-state index contributed by atoms with van der Waals surface area (Å²) in [5, 5.41) is 0. The number of carbonyl (C=O) groups is 4. The second-order valence-electron chi connectivity index (χ2n) is 7.46. The van der Waals surface area contributed by atoms with E-state index < -0.39 is 0 Å². The van der Waals surface area contributed by atoms with Gasteiger partial charge >= 0.3 is 0 Å². The average Bonchev–Trinajstić information content (AvgIpc) is 3.15. The van der Waals surface area contributed by atoms with Gasteiger partial charge in [-0.3, -0.25) is 33.9 Å². The van der Waals surface area contributed by atoms with Crippen LogP contribution in [-0.2, 0) is 0 Å². The van der Waals surface area contributed by atoms with E-state index in [0.717, 1.165) is 13.0 Å². The van der Waals surface area contributed by atoms with Crippen molar-refractivity contribution in [3.63, 3.8) is 0 Å². The van der Waals surface area contributed by atoms with Gasteiger partial charge in [0.05, 0.1) is 22.3 Å². The molecule has 2 aromatic carbocycles. The lowest BCUT2D eigenvalue weighted by Crippen LogP contribution is -2.42. The molecule has 2 aliphatic heterocycles. The predicted octanol–water partition coefficient (Wildman–Crippen LogP) is 2.29. The molecule has 0 saturated heterocycles. The smallest absolute Gasteiger partial charge is 0.261 e. The van der Waals surface area contributed by atoms with E-state index in [1.54, 1.807) is 48.5 Å². The van der Waals surface area contributed by atoms with Crippen molar-refractivity contribution in [1.82, 2.24) is 14.7 Å². The number of hydrogen-bond donors (Lipinski definition) is 0. The van der Waals surface area contributed by atoms with Crippen molar-refractivity contribution in [1.29, 1.82) is 0 Å². The molecule has 2 aromatic rings. The summed E-state index contributed by atoms with van der Waals surface area (Å²) in [7, 11) is 0. The van der Waals surface area contributed by atoms with Gasteiger partial charge in [-0.25, -0.2) is 0 Å². The normalized spacial score (nSPS) is 15.4. The van der Waals surface area contributed by atoms with Crippen LogP contribution in [0.5, 0.6) is 0 Å². The molecule has 0 fully saturated rings. The summed E-state index contributed by atoms with van der Waals surface area (Å²) < 4.78 is 0. The lowest BCUT2D eigenvalue weighted by Gasteiger charge is -2.26. The van der Waals surface area contributed by atoms with Crippen LogP contribution in [0.1, 0.15) is 54.8 Å². The maximum Gasteiger partial charge on any atom is 0.261 e. The van der Waals surface area contributed by atoms with E-state index in [4.69, 9.17) is 0 Å². The molecular formula is C23H23N3O4. The number of rotatable bonds is 8. The highest BCUT2D eigenvalue weighted by Crippen LogP contribution is 2.23. The number of amides is 4. The zero-order valence-corrected chi connectivity index (χ0v) is 16.8. The molecule has 4 rings (SSSR count). The highest BCUT2D eigenvalue weighted by Gasteiger charge is 2.36. The Labute approximate surface area is 174 Å². The van der Waals surface area contributed by atoms with Gasteiger partial charge in [0.1, 0.15) is 0 Å². The largest absolute Gasteiger partial charge is 0.300 e. The fourth-order valence-corrected chi connectivity index (χ4v) is 4.02. The summed E-state index contributed by atoms with van der Waals surface area (Å²) in [4.78, 5) is 54.8. The maximum absolute atomic E-state index is 12.5. The highest BCUT2D eigenvalue weighted by molar-refractivity contribution is 6.22. The van der Waals surface area contributed by atoms with Crippen LogP contribution in [-0.4, -0.2) is 71.1 Å². The Balaban J connectivity index is 1.38. The Morgan fingerprint density at radius 3 is 1.23 bits per heavy atom. The Bertz CT molecular complexity index is 883. The summed E-state index contributed by atoms with van der Waals surface area (Å²) >= 11 is 0. The van der Waals surface area contributed by atoms with E-state index >= 15 is 0 Å². The molecule has 154 valence electrons. The van der Waals surface area contributed by atoms with Crippen molar-refractivity contribution in [2.75, 3.05) is 32.7 Å². The lowest BCUT2D eigenvalue weighted by molar-refractivity contribution is 0.0622. The van der Waals surface area contributed by atoms with Crippen LogP contribution in [0.15, 0.2) is 48.5 Å². The molecule has 0 aromatic heterocycles. The molecule has 0 radical (unpaired) electrons. The molecule has 30 heavy (non-hydrogen) atoms. The summed E-state index contributed by atoms with van der Waals surface area (Å²) in [6, 6.07) is 13.7. The molecular weight excluding hydrogens is 382 g/mol. The van der Waals surface area contributed by atoms with E-state index in [1.165, 1.54) is 9.80 Å². The third-order valence-electron chi connectivity index (χ3n) is 5.58. The molecule has 0 atom stereocenters. The molecule has 2 aliphatic rings. The van der Waals surface area contributed by atoms with Crippen LogP contribution in [0.2, 0.25) is 0 Å². The minimum atomic E-state index is -0.271. The molecule has 0 saturated carbocycles. The average molecular weight is 405 g/mol. The van der Waals surface area contributed by atoms with Crippen molar-refractivity contribution in [3.05, 3.63) is 70.8 Å². The van der Waals surface area contributed by atoms with Gasteiger partial charge in [-0.1, -0.05) is 31.2 Å². The number of hydrogen-bond acceptors (Lipinski definition) is 5. The molecule has 2 heterocycles. The van der Waals surface area contributed by atoms with Crippen LogP contribution < -0.4 is 0 Å². The van der Waals surface area contributed by atoms with Crippen molar-refractivity contribution in [3.8, 4) is 0 Å². The van der Waals surface area contributed by atoms with Gasteiger partial charge in [0.15, 0.2) is 0 Å². The first kappa shape index (κ1) is 20.0. The minimum Gasteiger partial charge on any atom is -0.300 e. The van der Waals surface area contributed by atoms with E-state index in [9.17, 15) is 19.2 Å². The van der Waals surface area contributed by atoms with Crippen LogP contribution in [0, 0.1) is 0 Å². The number of benzene rings is 2. The van der Waals surface area contributed by atoms with E-state index in [1.807, 2.05) is 6.92 Å². The SMILES string of the molecule is CCCN(CCN1C(=O)c2ccccc2C1=O)CCN1C(=O)c2ccccc2C1=O. The second kappa shape index (κ2) is 8.20. The molecule has 0 unspecified atom stereocenters. The third-order valence-corrected chi connectivity index (χ3v) is 5.58. The van der Waals surface area contributed by atoms with Gasteiger partial charge in [-0.15, -0.1) is 0 Å². The molecule has 7 heteroatoms. The van der Waals surface area contributed by atoms with Gasteiger partial charge in [0, 0.05) is 26.2 Å². The van der Waals surface area contributed by atoms with Gasteiger partial charge in [-0.2, -0.15) is 0 Å². The van der Waals surface area contributed by atoms with Gasteiger partial charge in [-0.05, 0) is 37.2 Å². The molecule has 0 bridgehead atoms. The second-order valence-corrected chi connectivity index (χ2v) is 7.46. The summed E-state index contributed by atoms with van der Waals surface area (Å²) in [6.45, 7) is 4.30. The van der Waals surface area contributed by atoms with Gasteiger partial charge < -0.3 is 0 Å². The standard InChI is InChI=1S/C23H23N3O4/c1-2-11-24(12-14-25-20(27)16-7-3-4-8-17(16)21(25)28)13-15-26-22(29)18-9-5-6-10-19(18)23(26)30/h3-10H,2,11-15H2,1H3. The number of imide groups is 2. The number of fused-ring (bicyclic) bond motifs is 2. The number of carbonyl (C=O) groups excluding carboxylic acids is 4. The summed E-state index contributed by atoms with van der Waals surface area (Å²) in [5.74, 6) is -1.08. The Morgan fingerprint density at radius 1 is 0.600 bits per heavy atom. The summed E-state index contributed by atoms with van der Waals surface area (Å²) in [5.41, 5.74) is 1.76. The molecule has 0 N–H and O–H groups in total. The van der Waals surface area contributed by atoms with Gasteiger partial charge in [0.25, 0.3) is 23.6 Å². The third kappa shape index (κ3) is 3.41. The van der Waals surface area contributed by atoms with E-state index in [0.29, 0.717) is 35.3 Å². The maximum atomic E-state index is 12.5. The first-order chi connectivity index (χ1) is 14.5. The fraction of sp³-hybridized carbons (Fsp3) is 0.304. The minimum absolute atomic E-state index is 0.271. The predicted molar refractivity (Wildman–Crippen MR) is 110 cm³/mol. The molecule has 4 amide bonds. The van der Waals surface area contributed by atoms with Crippen molar-refractivity contribution >= 4 is 23.6 Å². The number of nitrogens with zero attached hydrogens (tertiary/aromatic N) is 3. The topological polar surface area (TPSA) is 78.0 Å². The molecule has 0 aliphatic carbocycles. The monoisotopic (exact) mass is 405 g/mol. The Hall–Kier alpha value is -3.32. The highest BCUT2D eigenvalue weighted by atomic mass is 16.2. The van der Waals surface area contributed by atoms with Gasteiger partial charge in [0.2, 0.25) is 0 Å². The van der Waals surface area contributed by atoms with Crippen LogP contribution in [0.25, 0.3) is 0 Å². The molecule has 0 spiro atoms. The summed E-state index contributed by atoms with van der Waals surface area (Å²) in [6.07, 6.45) is 0.879. The Morgan fingerprint density at radius 2 is 0.933 bits per heavy atom. The Kier molecular flexibility index (Phi) is 5.46. The lowest BCUT2D eigenvalue weighted by atomic mass is 10.1. The fourth-order valence-electron chi connectivity index (χ4n) is 4.02. The van der Waals surface area contributed by atoms with Crippen LogP contribution in [0.3, 0.4) is 0 Å².